The van der Waals surface area contributed by atoms with E-state index in [2.05, 4.69) is 20.8 Å². The molecule has 4 nitrogen and oxygen atoms in total. The molecule has 1 amide bonds. The quantitative estimate of drug-likeness (QED) is 0.856. The fraction of sp³-hybridized carbons (Fsp3) is 0.533. The molecule has 1 rings (SSSR count). The van der Waals surface area contributed by atoms with Gasteiger partial charge in [0.25, 0.3) is 0 Å². The van der Waals surface area contributed by atoms with Crippen molar-refractivity contribution in [1.29, 1.82) is 0 Å². The molecule has 0 saturated carbocycles. The van der Waals surface area contributed by atoms with Gasteiger partial charge in [-0.05, 0) is 30.7 Å². The van der Waals surface area contributed by atoms with Gasteiger partial charge >= 0.3 is 0 Å². The van der Waals surface area contributed by atoms with E-state index >= 15 is 0 Å². The molecule has 0 heterocycles. The van der Waals surface area contributed by atoms with E-state index in [-0.39, 0.29) is 17.6 Å². The summed E-state index contributed by atoms with van der Waals surface area (Å²) in [6, 6.07) is 6.79. The van der Waals surface area contributed by atoms with Gasteiger partial charge in [0, 0.05) is 17.0 Å². The number of rotatable bonds is 5. The lowest BCUT2D eigenvalue weighted by molar-refractivity contribution is 0.0621. The molecule has 2 atom stereocenters. The maximum Gasteiger partial charge on any atom is 0.248 e. The predicted octanol–water partition coefficient (Wildman–Crippen LogP) is 2.32. The molecule has 0 aliphatic heterocycles. The van der Waals surface area contributed by atoms with Gasteiger partial charge in [-0.25, -0.2) is 0 Å². The Labute approximate surface area is 115 Å². The highest BCUT2D eigenvalue weighted by molar-refractivity contribution is 5.92. The summed E-state index contributed by atoms with van der Waals surface area (Å²) in [4.78, 5) is 11.0. The Morgan fingerprint density at radius 2 is 1.79 bits per heavy atom. The van der Waals surface area contributed by atoms with E-state index < -0.39 is 5.91 Å². The topological polar surface area (TPSA) is 78.3 Å². The highest BCUT2D eigenvalue weighted by Gasteiger charge is 2.31. The molecule has 0 fully saturated rings. The third kappa shape index (κ3) is 4.24. The number of carbonyl (C=O) groups is 1. The summed E-state index contributed by atoms with van der Waals surface area (Å²) in [5.41, 5.74) is 11.7. The number of primary amides is 1. The van der Waals surface area contributed by atoms with Crippen LogP contribution in [0.4, 0.5) is 0 Å². The molecule has 2 unspecified atom stereocenters. The number of carbonyl (C=O) groups excluding carboxylic acids is 1. The van der Waals surface area contributed by atoms with Gasteiger partial charge in [0.15, 0.2) is 0 Å². The van der Waals surface area contributed by atoms with Crippen molar-refractivity contribution in [3.8, 4) is 5.75 Å². The summed E-state index contributed by atoms with van der Waals surface area (Å²) in [5, 5.41) is 0. The van der Waals surface area contributed by atoms with Gasteiger partial charge in [-0.1, -0.05) is 27.7 Å². The molecular formula is C15H24N2O2. The molecule has 1 aromatic carbocycles. The van der Waals surface area contributed by atoms with Crippen molar-refractivity contribution in [2.24, 2.45) is 16.9 Å². The molecule has 19 heavy (non-hydrogen) atoms. The van der Waals surface area contributed by atoms with Crippen LogP contribution in [0.2, 0.25) is 0 Å². The van der Waals surface area contributed by atoms with Crippen LogP contribution >= 0.6 is 0 Å². The van der Waals surface area contributed by atoms with E-state index in [4.69, 9.17) is 16.2 Å². The molecule has 0 aliphatic carbocycles. The van der Waals surface area contributed by atoms with Gasteiger partial charge in [-0.2, -0.15) is 0 Å². The molecule has 0 radical (unpaired) electrons. The zero-order valence-corrected chi connectivity index (χ0v) is 12.1. The molecule has 0 aliphatic rings. The molecule has 0 aromatic heterocycles. The van der Waals surface area contributed by atoms with Crippen LogP contribution in [0.1, 0.15) is 44.5 Å². The van der Waals surface area contributed by atoms with Crippen molar-refractivity contribution < 1.29 is 9.53 Å². The summed E-state index contributed by atoms with van der Waals surface area (Å²) >= 11 is 0. The van der Waals surface area contributed by atoms with E-state index in [0.29, 0.717) is 11.3 Å². The Hall–Kier alpha value is -1.55. The van der Waals surface area contributed by atoms with Crippen LogP contribution in [0.3, 0.4) is 0 Å². The summed E-state index contributed by atoms with van der Waals surface area (Å²) in [6.45, 7) is 8.35. The lowest BCUT2D eigenvalue weighted by Gasteiger charge is -2.35. The van der Waals surface area contributed by atoms with Crippen molar-refractivity contribution in [2.75, 3.05) is 0 Å². The number of nitrogens with two attached hydrogens (primary N) is 2. The molecule has 0 saturated heterocycles. The van der Waals surface area contributed by atoms with Gasteiger partial charge in [0.1, 0.15) is 11.9 Å². The first-order chi connectivity index (χ1) is 8.75. The highest BCUT2D eigenvalue weighted by atomic mass is 16.5. The standard InChI is InChI=1S/C15H24N2O2/c1-5-12(16)13(15(2,3)4)19-11-8-6-10(7-9-11)14(17)18/h6-9,12-13H,5,16H2,1-4H3,(H2,17,18). The predicted molar refractivity (Wildman–Crippen MR) is 77.1 cm³/mol. The Kier molecular flexibility index (Phi) is 4.95. The number of ether oxygens (including phenoxy) is 1. The Morgan fingerprint density at radius 1 is 1.26 bits per heavy atom. The van der Waals surface area contributed by atoms with Crippen LogP contribution in [0, 0.1) is 5.41 Å². The second kappa shape index (κ2) is 6.06. The van der Waals surface area contributed by atoms with Crippen molar-refractivity contribution >= 4 is 5.91 Å². The Bertz CT molecular complexity index is 421. The fourth-order valence-corrected chi connectivity index (χ4v) is 1.96. The molecule has 0 spiro atoms. The summed E-state index contributed by atoms with van der Waals surface area (Å²) in [6.07, 6.45) is 0.762. The lowest BCUT2D eigenvalue weighted by Crippen LogP contribution is -2.47. The van der Waals surface area contributed by atoms with Crippen LogP contribution in [0.15, 0.2) is 24.3 Å². The third-order valence-electron chi connectivity index (χ3n) is 3.12. The maximum atomic E-state index is 11.0. The van der Waals surface area contributed by atoms with E-state index in [9.17, 15) is 4.79 Å². The molecule has 1 aromatic rings. The average Bonchev–Trinajstić information content (AvgIpc) is 2.34. The number of amides is 1. The molecule has 4 heteroatoms. The minimum atomic E-state index is -0.441. The monoisotopic (exact) mass is 264 g/mol. The van der Waals surface area contributed by atoms with Crippen LogP contribution in [0.5, 0.6) is 5.75 Å². The number of benzene rings is 1. The highest BCUT2D eigenvalue weighted by Crippen LogP contribution is 2.27. The summed E-state index contributed by atoms with van der Waals surface area (Å²) < 4.78 is 5.99. The van der Waals surface area contributed by atoms with Gasteiger partial charge in [0.2, 0.25) is 5.91 Å². The minimum absolute atomic E-state index is 0.0317. The van der Waals surface area contributed by atoms with E-state index in [1.54, 1.807) is 24.3 Å². The molecule has 106 valence electrons. The SMILES string of the molecule is CCC(N)C(Oc1ccc(C(N)=O)cc1)C(C)(C)C. The average molecular weight is 264 g/mol. The molecule has 4 N–H and O–H groups in total. The molecular weight excluding hydrogens is 240 g/mol. The van der Waals surface area contributed by atoms with Gasteiger partial charge in [0.05, 0.1) is 0 Å². The smallest absolute Gasteiger partial charge is 0.248 e. The maximum absolute atomic E-state index is 11.0. The zero-order chi connectivity index (χ0) is 14.6. The van der Waals surface area contributed by atoms with Crippen LogP contribution < -0.4 is 16.2 Å². The van der Waals surface area contributed by atoms with Gasteiger partial charge in [-0.15, -0.1) is 0 Å². The minimum Gasteiger partial charge on any atom is -0.488 e. The number of hydrogen-bond acceptors (Lipinski definition) is 3. The zero-order valence-electron chi connectivity index (χ0n) is 12.1. The summed E-state index contributed by atoms with van der Waals surface area (Å²) in [7, 11) is 0. The van der Waals surface area contributed by atoms with Crippen LogP contribution in [0.25, 0.3) is 0 Å². The van der Waals surface area contributed by atoms with Gasteiger partial charge < -0.3 is 16.2 Å². The van der Waals surface area contributed by atoms with E-state index in [1.807, 2.05) is 6.92 Å². The second-order valence-corrected chi connectivity index (χ2v) is 5.87. The lowest BCUT2D eigenvalue weighted by atomic mass is 9.84. The first-order valence-corrected chi connectivity index (χ1v) is 6.57. The van der Waals surface area contributed by atoms with E-state index in [1.165, 1.54) is 0 Å². The first-order valence-electron chi connectivity index (χ1n) is 6.57. The van der Waals surface area contributed by atoms with Crippen LogP contribution in [-0.2, 0) is 0 Å². The van der Waals surface area contributed by atoms with Gasteiger partial charge in [-0.3, -0.25) is 4.79 Å². The fourth-order valence-electron chi connectivity index (χ4n) is 1.96. The summed E-state index contributed by atoms with van der Waals surface area (Å²) in [5.74, 6) is 0.262. The largest absolute Gasteiger partial charge is 0.488 e. The van der Waals surface area contributed by atoms with Crippen molar-refractivity contribution in [3.05, 3.63) is 29.8 Å². The second-order valence-electron chi connectivity index (χ2n) is 5.87. The van der Waals surface area contributed by atoms with Crippen molar-refractivity contribution in [1.82, 2.24) is 0 Å². The first kappa shape index (κ1) is 15.5. The van der Waals surface area contributed by atoms with Crippen LogP contribution in [-0.4, -0.2) is 18.1 Å². The third-order valence-corrected chi connectivity index (χ3v) is 3.12. The molecule has 0 bridgehead atoms. The van der Waals surface area contributed by atoms with Crippen molar-refractivity contribution in [3.63, 3.8) is 0 Å². The Balaban J connectivity index is 2.88. The van der Waals surface area contributed by atoms with Crippen molar-refractivity contribution in [2.45, 2.75) is 46.3 Å². The normalized spacial score (nSPS) is 14.8. The number of hydrogen-bond donors (Lipinski definition) is 2. The Morgan fingerprint density at radius 3 is 2.16 bits per heavy atom. The van der Waals surface area contributed by atoms with E-state index in [0.717, 1.165) is 6.42 Å².